The van der Waals surface area contributed by atoms with E-state index in [0.717, 1.165) is 31.7 Å². The van der Waals surface area contributed by atoms with Crippen molar-refractivity contribution in [1.29, 1.82) is 0 Å². The minimum absolute atomic E-state index is 0.00260. The average molecular weight is 278 g/mol. The third-order valence-electron chi connectivity index (χ3n) is 2.94. The first-order valence-electron chi connectivity index (χ1n) is 7.03. The summed E-state index contributed by atoms with van der Waals surface area (Å²) in [6, 6.07) is 7.25. The molecule has 1 rings (SSSR count). The van der Waals surface area contributed by atoms with Crippen LogP contribution >= 0.6 is 0 Å². The Bertz CT molecular complexity index is 420. The van der Waals surface area contributed by atoms with Crippen molar-refractivity contribution in [2.24, 2.45) is 0 Å². The van der Waals surface area contributed by atoms with Gasteiger partial charge in [-0.3, -0.25) is 9.69 Å². The fraction of sp³-hybridized carbons (Fsp3) is 0.533. The fourth-order valence-corrected chi connectivity index (χ4v) is 1.95. The first-order valence-corrected chi connectivity index (χ1v) is 7.03. The lowest BCUT2D eigenvalue weighted by Gasteiger charge is -2.23. The van der Waals surface area contributed by atoms with E-state index in [1.54, 1.807) is 12.1 Å². The Hall–Kier alpha value is -1.59. The molecule has 0 aromatic heterocycles. The van der Waals surface area contributed by atoms with Gasteiger partial charge in [-0.25, -0.2) is 0 Å². The zero-order valence-corrected chi connectivity index (χ0v) is 12.7. The number of carbonyl (C=O) groups excluding carboxylic acids is 1. The zero-order chi connectivity index (χ0) is 15.0. The summed E-state index contributed by atoms with van der Waals surface area (Å²) in [4.78, 5) is 16.3. The molecule has 5 heteroatoms. The summed E-state index contributed by atoms with van der Waals surface area (Å²) in [5, 5.41) is 2.89. The van der Waals surface area contributed by atoms with Gasteiger partial charge in [0, 0.05) is 24.5 Å². The number of rotatable bonds is 8. The van der Waals surface area contributed by atoms with E-state index < -0.39 is 0 Å². The van der Waals surface area contributed by atoms with Crippen molar-refractivity contribution < 1.29 is 4.79 Å². The van der Waals surface area contributed by atoms with Crippen LogP contribution in [0.2, 0.25) is 0 Å². The second-order valence-electron chi connectivity index (χ2n) is 5.25. The minimum atomic E-state index is 0.00260. The third kappa shape index (κ3) is 6.54. The van der Waals surface area contributed by atoms with Crippen molar-refractivity contribution in [3.05, 3.63) is 24.3 Å². The number of benzene rings is 1. The molecular formula is C15H26N4O. The maximum Gasteiger partial charge on any atom is 0.238 e. The van der Waals surface area contributed by atoms with Gasteiger partial charge in [-0.15, -0.1) is 0 Å². The van der Waals surface area contributed by atoms with Gasteiger partial charge >= 0.3 is 0 Å². The SMILES string of the molecule is CCCN(CCN(C)C)CC(=O)Nc1cccc(N)c1. The molecule has 0 saturated heterocycles. The van der Waals surface area contributed by atoms with Crippen LogP contribution < -0.4 is 11.1 Å². The van der Waals surface area contributed by atoms with Crippen molar-refractivity contribution in [1.82, 2.24) is 9.80 Å². The molecule has 1 aromatic rings. The summed E-state index contributed by atoms with van der Waals surface area (Å²) < 4.78 is 0. The molecule has 5 nitrogen and oxygen atoms in total. The molecule has 0 radical (unpaired) electrons. The van der Waals surface area contributed by atoms with E-state index in [1.165, 1.54) is 0 Å². The van der Waals surface area contributed by atoms with Crippen LogP contribution in [-0.2, 0) is 4.79 Å². The molecule has 0 aliphatic rings. The van der Waals surface area contributed by atoms with Crippen molar-refractivity contribution in [2.45, 2.75) is 13.3 Å². The highest BCUT2D eigenvalue weighted by molar-refractivity contribution is 5.92. The van der Waals surface area contributed by atoms with Gasteiger partial charge < -0.3 is 16.0 Å². The molecule has 0 aliphatic heterocycles. The Kier molecular flexibility index (Phi) is 7.04. The molecule has 1 amide bonds. The fourth-order valence-electron chi connectivity index (χ4n) is 1.95. The van der Waals surface area contributed by atoms with Crippen LogP contribution in [0.1, 0.15) is 13.3 Å². The standard InChI is InChI=1S/C15H26N4O/c1-4-8-19(10-9-18(2)3)12-15(20)17-14-7-5-6-13(16)11-14/h5-7,11H,4,8-10,12,16H2,1-3H3,(H,17,20). The van der Waals surface area contributed by atoms with Crippen molar-refractivity contribution in [3.63, 3.8) is 0 Å². The number of nitrogen functional groups attached to an aromatic ring is 1. The Morgan fingerprint density at radius 1 is 1.25 bits per heavy atom. The van der Waals surface area contributed by atoms with E-state index in [1.807, 2.05) is 26.2 Å². The number of nitrogens with zero attached hydrogens (tertiary/aromatic N) is 2. The predicted octanol–water partition coefficient (Wildman–Crippen LogP) is 1.48. The molecule has 0 heterocycles. The molecular weight excluding hydrogens is 252 g/mol. The van der Waals surface area contributed by atoms with E-state index in [2.05, 4.69) is 22.0 Å². The first kappa shape index (κ1) is 16.5. The predicted molar refractivity (Wildman–Crippen MR) is 84.8 cm³/mol. The number of amides is 1. The van der Waals surface area contributed by atoms with E-state index in [4.69, 9.17) is 5.73 Å². The number of likely N-dealkylation sites (N-methyl/N-ethyl adjacent to an activating group) is 1. The second-order valence-corrected chi connectivity index (χ2v) is 5.25. The Morgan fingerprint density at radius 2 is 2.00 bits per heavy atom. The minimum Gasteiger partial charge on any atom is -0.399 e. The molecule has 1 aromatic carbocycles. The van der Waals surface area contributed by atoms with Gasteiger partial charge in [0.1, 0.15) is 0 Å². The van der Waals surface area contributed by atoms with Crippen molar-refractivity contribution in [2.75, 3.05) is 51.3 Å². The Balaban J connectivity index is 2.48. The van der Waals surface area contributed by atoms with Crippen LogP contribution in [0.5, 0.6) is 0 Å². The van der Waals surface area contributed by atoms with Crippen LogP contribution in [0.3, 0.4) is 0 Å². The first-order chi connectivity index (χ1) is 9.51. The number of anilines is 2. The van der Waals surface area contributed by atoms with Gasteiger partial charge in [-0.05, 0) is 45.3 Å². The van der Waals surface area contributed by atoms with E-state index in [9.17, 15) is 4.79 Å². The topological polar surface area (TPSA) is 61.6 Å². The molecule has 20 heavy (non-hydrogen) atoms. The summed E-state index contributed by atoms with van der Waals surface area (Å²) in [5.74, 6) is 0.00260. The largest absolute Gasteiger partial charge is 0.399 e. The van der Waals surface area contributed by atoms with Gasteiger partial charge in [0.2, 0.25) is 5.91 Å². The van der Waals surface area contributed by atoms with E-state index >= 15 is 0 Å². The second kappa shape index (κ2) is 8.55. The average Bonchev–Trinajstić information content (AvgIpc) is 2.36. The Morgan fingerprint density at radius 3 is 2.60 bits per heavy atom. The van der Waals surface area contributed by atoms with Crippen molar-refractivity contribution in [3.8, 4) is 0 Å². The molecule has 0 spiro atoms. The van der Waals surface area contributed by atoms with Gasteiger partial charge in [0.05, 0.1) is 6.54 Å². The highest BCUT2D eigenvalue weighted by Gasteiger charge is 2.10. The lowest BCUT2D eigenvalue weighted by atomic mass is 10.3. The number of nitrogens with one attached hydrogen (secondary N) is 1. The summed E-state index contributed by atoms with van der Waals surface area (Å²) >= 11 is 0. The van der Waals surface area contributed by atoms with Gasteiger partial charge in [-0.2, -0.15) is 0 Å². The summed E-state index contributed by atoms with van der Waals surface area (Å²) in [5.41, 5.74) is 7.10. The normalized spacial score (nSPS) is 11.1. The number of hydrogen-bond acceptors (Lipinski definition) is 4. The van der Waals surface area contributed by atoms with Crippen LogP contribution in [0, 0.1) is 0 Å². The number of nitrogens with two attached hydrogens (primary N) is 1. The van der Waals surface area contributed by atoms with Crippen LogP contribution in [0.15, 0.2) is 24.3 Å². The molecule has 0 fully saturated rings. The molecule has 0 bridgehead atoms. The lowest BCUT2D eigenvalue weighted by molar-refractivity contribution is -0.117. The highest BCUT2D eigenvalue weighted by atomic mass is 16.2. The van der Waals surface area contributed by atoms with Gasteiger partial charge in [0.15, 0.2) is 0 Å². The lowest BCUT2D eigenvalue weighted by Crippen LogP contribution is -2.38. The highest BCUT2D eigenvalue weighted by Crippen LogP contribution is 2.11. The van der Waals surface area contributed by atoms with Gasteiger partial charge in [0.25, 0.3) is 0 Å². The molecule has 3 N–H and O–H groups in total. The van der Waals surface area contributed by atoms with Crippen LogP contribution in [0.4, 0.5) is 11.4 Å². The van der Waals surface area contributed by atoms with E-state index in [-0.39, 0.29) is 5.91 Å². The maximum atomic E-state index is 12.0. The molecule has 0 saturated carbocycles. The van der Waals surface area contributed by atoms with E-state index in [0.29, 0.717) is 12.2 Å². The number of carbonyl (C=O) groups is 1. The summed E-state index contributed by atoms with van der Waals surface area (Å²) in [6.07, 6.45) is 1.04. The monoisotopic (exact) mass is 278 g/mol. The smallest absolute Gasteiger partial charge is 0.238 e. The quantitative estimate of drug-likeness (QED) is 0.707. The molecule has 112 valence electrons. The van der Waals surface area contributed by atoms with Gasteiger partial charge in [-0.1, -0.05) is 13.0 Å². The van der Waals surface area contributed by atoms with Crippen LogP contribution in [0.25, 0.3) is 0 Å². The third-order valence-corrected chi connectivity index (χ3v) is 2.94. The summed E-state index contributed by atoms with van der Waals surface area (Å²) in [7, 11) is 4.08. The maximum absolute atomic E-state index is 12.0. The zero-order valence-electron chi connectivity index (χ0n) is 12.7. The molecule has 0 aliphatic carbocycles. The summed E-state index contributed by atoms with van der Waals surface area (Å²) in [6.45, 7) is 5.31. The molecule has 0 atom stereocenters. The van der Waals surface area contributed by atoms with Crippen LogP contribution in [-0.4, -0.2) is 56.0 Å². The van der Waals surface area contributed by atoms with Crippen molar-refractivity contribution >= 4 is 17.3 Å². The Labute approximate surface area is 121 Å². The number of hydrogen-bond donors (Lipinski definition) is 2. The molecule has 0 unspecified atom stereocenters.